The summed E-state index contributed by atoms with van der Waals surface area (Å²) in [6, 6.07) is 0. The topological polar surface area (TPSA) is 61.8 Å². The van der Waals surface area contributed by atoms with E-state index in [0.717, 1.165) is 0 Å². The molecule has 2 unspecified atom stereocenters. The van der Waals surface area contributed by atoms with Gasteiger partial charge in [0.1, 0.15) is 0 Å². The van der Waals surface area contributed by atoms with Gasteiger partial charge in [0.2, 0.25) is 0 Å². The lowest BCUT2D eigenvalue weighted by Crippen LogP contribution is -2.29. The Hall–Kier alpha value is -0.640. The molecule has 0 saturated heterocycles. The number of ether oxygens (including phenoxy) is 1. The lowest BCUT2D eigenvalue weighted by Gasteiger charge is -2.25. The molecule has 2 atom stereocenters. The van der Waals surface area contributed by atoms with E-state index in [1.54, 1.807) is 26.8 Å². The van der Waals surface area contributed by atoms with Crippen molar-refractivity contribution in [2.24, 2.45) is 5.92 Å². The van der Waals surface area contributed by atoms with Crippen LogP contribution >= 0.6 is 7.60 Å². The number of rotatable bonds is 8. The molecule has 0 bridgehead atoms. The van der Waals surface area contributed by atoms with E-state index >= 15 is 0 Å². The molecule has 1 saturated carbocycles. The third-order valence-corrected chi connectivity index (χ3v) is 5.86. The summed E-state index contributed by atoms with van der Waals surface area (Å²) < 4.78 is 28.4. The molecule has 5 nitrogen and oxygen atoms in total. The first-order valence-electron chi connectivity index (χ1n) is 6.21. The summed E-state index contributed by atoms with van der Waals surface area (Å²) in [6.45, 7) is 9.49. The van der Waals surface area contributed by atoms with E-state index in [9.17, 15) is 9.36 Å². The molecule has 6 heteroatoms. The zero-order valence-electron chi connectivity index (χ0n) is 11.2. The third kappa shape index (κ3) is 2.40. The summed E-state index contributed by atoms with van der Waals surface area (Å²) in [5, 5.41) is -1.18. The Morgan fingerprint density at radius 2 is 1.89 bits per heavy atom. The average Bonchev–Trinajstić information content (AvgIpc) is 3.06. The maximum absolute atomic E-state index is 12.8. The summed E-state index contributed by atoms with van der Waals surface area (Å²) in [7, 11) is -3.52. The first-order chi connectivity index (χ1) is 8.52. The average molecular weight is 276 g/mol. The molecule has 0 aromatic rings. The highest BCUT2D eigenvalue weighted by molar-refractivity contribution is 7.57. The molecule has 0 amide bonds. The van der Waals surface area contributed by atoms with Crippen molar-refractivity contribution in [2.75, 3.05) is 19.8 Å². The highest BCUT2D eigenvalue weighted by atomic mass is 31.2. The van der Waals surface area contributed by atoms with E-state index in [1.807, 2.05) is 0 Å². The molecule has 104 valence electrons. The molecule has 0 aromatic heterocycles. The standard InChI is InChI=1S/C12H21O5P/c1-5-10-9-12(10,11(13)15-6-2)18(14,16-7-3)17-8-4/h5,10H,1,6-9H2,2-4H3. The van der Waals surface area contributed by atoms with Gasteiger partial charge in [-0.2, -0.15) is 0 Å². The molecule has 0 spiro atoms. The zero-order valence-corrected chi connectivity index (χ0v) is 12.1. The van der Waals surface area contributed by atoms with Gasteiger partial charge in [-0.05, 0) is 27.2 Å². The minimum Gasteiger partial charge on any atom is -0.465 e. The SMILES string of the molecule is C=CC1CC1(C(=O)OCC)P(=O)(OCC)OCC. The summed E-state index contributed by atoms with van der Waals surface area (Å²) >= 11 is 0. The zero-order chi connectivity index (χ0) is 13.8. The molecule has 0 radical (unpaired) electrons. The van der Waals surface area contributed by atoms with Gasteiger partial charge in [0.25, 0.3) is 0 Å². The molecular weight excluding hydrogens is 255 g/mol. The van der Waals surface area contributed by atoms with Crippen LogP contribution in [-0.2, 0) is 23.1 Å². The fraction of sp³-hybridized carbons (Fsp3) is 0.750. The number of esters is 1. The van der Waals surface area contributed by atoms with Gasteiger partial charge in [-0.15, -0.1) is 6.58 Å². The minimum absolute atomic E-state index is 0.208. The Morgan fingerprint density at radius 1 is 1.33 bits per heavy atom. The lowest BCUT2D eigenvalue weighted by atomic mass is 10.3. The Balaban J connectivity index is 3.06. The maximum atomic E-state index is 12.8. The molecule has 1 aliphatic rings. The monoisotopic (exact) mass is 276 g/mol. The van der Waals surface area contributed by atoms with Crippen molar-refractivity contribution >= 4 is 13.6 Å². The van der Waals surface area contributed by atoms with Crippen LogP contribution in [0.3, 0.4) is 0 Å². The van der Waals surface area contributed by atoms with Crippen molar-refractivity contribution in [1.82, 2.24) is 0 Å². The van der Waals surface area contributed by atoms with Crippen LogP contribution in [0.2, 0.25) is 0 Å². The number of carbonyl (C=O) groups is 1. The van der Waals surface area contributed by atoms with Crippen LogP contribution in [0.5, 0.6) is 0 Å². The Labute approximate surface area is 108 Å². The fourth-order valence-electron chi connectivity index (χ4n) is 2.08. The third-order valence-electron chi connectivity index (χ3n) is 2.98. The van der Waals surface area contributed by atoms with Crippen molar-refractivity contribution in [2.45, 2.75) is 32.3 Å². The second-order valence-electron chi connectivity index (χ2n) is 4.02. The minimum atomic E-state index is -3.52. The summed E-state index contributed by atoms with van der Waals surface area (Å²) in [4.78, 5) is 12.1. The van der Waals surface area contributed by atoms with E-state index < -0.39 is 18.7 Å². The Morgan fingerprint density at radius 3 is 2.22 bits per heavy atom. The van der Waals surface area contributed by atoms with E-state index in [-0.39, 0.29) is 25.7 Å². The van der Waals surface area contributed by atoms with Crippen molar-refractivity contribution in [1.29, 1.82) is 0 Å². The van der Waals surface area contributed by atoms with E-state index in [4.69, 9.17) is 13.8 Å². The Bertz CT molecular complexity index is 357. The fourth-order valence-corrected chi connectivity index (χ4v) is 4.51. The van der Waals surface area contributed by atoms with Crippen LogP contribution in [0.15, 0.2) is 12.7 Å². The van der Waals surface area contributed by atoms with Crippen LogP contribution in [0.4, 0.5) is 0 Å². The number of carbonyl (C=O) groups excluding carboxylic acids is 1. The first-order valence-corrected chi connectivity index (χ1v) is 7.75. The van der Waals surface area contributed by atoms with Gasteiger partial charge in [0, 0.05) is 5.92 Å². The lowest BCUT2D eigenvalue weighted by molar-refractivity contribution is -0.144. The maximum Gasteiger partial charge on any atom is 0.348 e. The number of hydrogen-bond donors (Lipinski definition) is 0. The molecule has 1 rings (SSSR count). The van der Waals surface area contributed by atoms with Crippen LogP contribution in [-0.4, -0.2) is 30.9 Å². The largest absolute Gasteiger partial charge is 0.465 e. The Kier molecular flexibility index (Phi) is 5.14. The van der Waals surface area contributed by atoms with Crippen LogP contribution in [0.25, 0.3) is 0 Å². The summed E-state index contributed by atoms with van der Waals surface area (Å²) in [6.07, 6.45) is 2.02. The summed E-state index contributed by atoms with van der Waals surface area (Å²) in [5.41, 5.74) is 0. The number of hydrogen-bond acceptors (Lipinski definition) is 5. The second-order valence-corrected chi connectivity index (χ2v) is 6.33. The molecule has 0 heterocycles. The van der Waals surface area contributed by atoms with Crippen molar-refractivity contribution < 1.29 is 23.1 Å². The van der Waals surface area contributed by atoms with Gasteiger partial charge in [0.05, 0.1) is 19.8 Å². The van der Waals surface area contributed by atoms with Gasteiger partial charge in [-0.1, -0.05) is 6.08 Å². The van der Waals surface area contributed by atoms with E-state index in [2.05, 4.69) is 6.58 Å². The normalized spacial score (nSPS) is 26.7. The van der Waals surface area contributed by atoms with Gasteiger partial charge >= 0.3 is 13.6 Å². The molecule has 1 aliphatic carbocycles. The van der Waals surface area contributed by atoms with Gasteiger partial charge in [-0.25, -0.2) is 0 Å². The first kappa shape index (κ1) is 15.4. The molecule has 18 heavy (non-hydrogen) atoms. The van der Waals surface area contributed by atoms with Crippen molar-refractivity contribution in [3.63, 3.8) is 0 Å². The predicted octanol–water partition coefficient (Wildman–Crippen LogP) is 2.76. The van der Waals surface area contributed by atoms with E-state index in [0.29, 0.717) is 6.42 Å². The smallest absolute Gasteiger partial charge is 0.348 e. The summed E-state index contributed by atoms with van der Waals surface area (Å²) in [5.74, 6) is -0.722. The second kappa shape index (κ2) is 6.00. The van der Waals surface area contributed by atoms with Crippen LogP contribution in [0.1, 0.15) is 27.2 Å². The van der Waals surface area contributed by atoms with Gasteiger partial charge < -0.3 is 13.8 Å². The highest BCUT2D eigenvalue weighted by Crippen LogP contribution is 2.74. The van der Waals surface area contributed by atoms with Crippen LogP contribution < -0.4 is 0 Å². The van der Waals surface area contributed by atoms with E-state index in [1.165, 1.54) is 0 Å². The van der Waals surface area contributed by atoms with Crippen molar-refractivity contribution in [3.05, 3.63) is 12.7 Å². The predicted molar refractivity (Wildman–Crippen MR) is 68.5 cm³/mol. The van der Waals surface area contributed by atoms with Crippen LogP contribution in [0, 0.1) is 5.92 Å². The highest BCUT2D eigenvalue weighted by Gasteiger charge is 2.73. The molecule has 1 fully saturated rings. The van der Waals surface area contributed by atoms with Gasteiger partial charge in [-0.3, -0.25) is 9.36 Å². The quantitative estimate of drug-likeness (QED) is 0.387. The number of allylic oxidation sites excluding steroid dienone is 1. The molecule has 0 aliphatic heterocycles. The molecule has 0 aromatic carbocycles. The van der Waals surface area contributed by atoms with Crippen molar-refractivity contribution in [3.8, 4) is 0 Å². The molecular formula is C12H21O5P. The molecule has 0 N–H and O–H groups in total. The van der Waals surface area contributed by atoms with Gasteiger partial charge in [0.15, 0.2) is 5.16 Å².